The number of hydrogen-bond donors (Lipinski definition) is 0. The first-order chi connectivity index (χ1) is 7.71. The van der Waals surface area contributed by atoms with Crippen LogP contribution in [0, 0.1) is 0 Å². The summed E-state index contributed by atoms with van der Waals surface area (Å²) in [6.07, 6.45) is 5.55. The van der Waals surface area contributed by atoms with E-state index in [0.717, 1.165) is 13.2 Å². The predicted octanol–water partition coefficient (Wildman–Crippen LogP) is 4.58. The molecule has 0 aromatic carbocycles. The van der Waals surface area contributed by atoms with Crippen molar-refractivity contribution in [2.75, 3.05) is 37.9 Å². The maximum absolute atomic E-state index is 5.84. The molecule has 1 aliphatic rings. The maximum atomic E-state index is 5.84. The average Bonchev–Trinajstić information content (AvgIpc) is 2.25. The first-order valence-corrected chi connectivity index (χ1v) is 10.2. The molecule has 0 bridgehead atoms. The molecule has 1 rings (SSSR count). The van der Waals surface area contributed by atoms with Crippen LogP contribution in [0.3, 0.4) is 0 Å². The molecule has 0 aromatic heterocycles. The molecule has 1 nitrogen and oxygen atoms in total. The van der Waals surface area contributed by atoms with Crippen molar-refractivity contribution in [1.29, 1.82) is 0 Å². The lowest BCUT2D eigenvalue weighted by molar-refractivity contribution is 0.165. The summed E-state index contributed by atoms with van der Waals surface area (Å²) in [4.78, 5) is 0. The van der Waals surface area contributed by atoms with Gasteiger partial charge < -0.3 is 4.74 Å². The molecule has 1 aliphatic heterocycles. The maximum Gasteiger partial charge on any atom is 0.0505 e. The Balaban J connectivity index is 2.65. The van der Waals surface area contributed by atoms with Crippen LogP contribution in [0.15, 0.2) is 0 Å². The van der Waals surface area contributed by atoms with Gasteiger partial charge in [-0.1, -0.05) is 57.4 Å². The normalized spacial score (nSPS) is 29.3. The highest BCUT2D eigenvalue weighted by atomic mass is 31.1. The zero-order valence-electron chi connectivity index (χ0n) is 12.5. The monoisotopic (exact) mass is 276 g/mol. The Morgan fingerprint density at radius 1 is 0.647 bits per heavy atom. The minimum absolute atomic E-state index is 0.144. The van der Waals surface area contributed by atoms with Crippen molar-refractivity contribution in [3.8, 4) is 0 Å². The van der Waals surface area contributed by atoms with E-state index in [1.807, 2.05) is 0 Å². The molecule has 0 aliphatic carbocycles. The van der Waals surface area contributed by atoms with Gasteiger partial charge in [0.2, 0.25) is 0 Å². The van der Waals surface area contributed by atoms with Gasteiger partial charge in [-0.15, -0.1) is 0 Å². The molecule has 1 saturated heterocycles. The topological polar surface area (TPSA) is 9.23 Å². The standard InChI is InChI=1S/C14H30OP2/c1-13(2,3)16-9-7-15-8-10-17(12-11-16)14(4,5)6/h7-12H2,1-6H3. The summed E-state index contributed by atoms with van der Waals surface area (Å²) in [6.45, 7) is 16.5. The fraction of sp³-hybridized carbons (Fsp3) is 1.00. The van der Waals surface area contributed by atoms with E-state index < -0.39 is 0 Å². The molecule has 2 atom stereocenters. The van der Waals surface area contributed by atoms with Crippen molar-refractivity contribution in [2.24, 2.45) is 0 Å². The molecule has 102 valence electrons. The van der Waals surface area contributed by atoms with E-state index in [2.05, 4.69) is 41.5 Å². The van der Waals surface area contributed by atoms with Crippen LogP contribution in [-0.4, -0.2) is 48.2 Å². The Labute approximate surface area is 111 Å². The van der Waals surface area contributed by atoms with Crippen LogP contribution in [0.4, 0.5) is 0 Å². The van der Waals surface area contributed by atoms with Crippen molar-refractivity contribution in [3.05, 3.63) is 0 Å². The summed E-state index contributed by atoms with van der Waals surface area (Å²) in [5.74, 6) is 0. The minimum atomic E-state index is 0.144. The summed E-state index contributed by atoms with van der Waals surface area (Å²) < 4.78 is 5.84. The van der Waals surface area contributed by atoms with Crippen LogP contribution in [0.25, 0.3) is 0 Å². The van der Waals surface area contributed by atoms with Gasteiger partial charge in [0.25, 0.3) is 0 Å². The summed E-state index contributed by atoms with van der Waals surface area (Å²) in [7, 11) is 0.288. The van der Waals surface area contributed by atoms with Gasteiger partial charge in [-0.3, -0.25) is 0 Å². The highest BCUT2D eigenvalue weighted by Crippen LogP contribution is 2.55. The molecule has 17 heavy (non-hydrogen) atoms. The Morgan fingerprint density at radius 2 is 1.00 bits per heavy atom. The summed E-state index contributed by atoms with van der Waals surface area (Å²) in [5, 5.41) is 1.00. The first kappa shape index (κ1) is 15.9. The Morgan fingerprint density at radius 3 is 1.29 bits per heavy atom. The molecular weight excluding hydrogens is 246 g/mol. The van der Waals surface area contributed by atoms with Crippen LogP contribution < -0.4 is 0 Å². The predicted molar refractivity (Wildman–Crippen MR) is 83.6 cm³/mol. The highest BCUT2D eigenvalue weighted by molar-refractivity contribution is 7.63. The third kappa shape index (κ3) is 5.54. The second-order valence-electron chi connectivity index (χ2n) is 6.93. The zero-order valence-corrected chi connectivity index (χ0v) is 14.3. The fourth-order valence-electron chi connectivity index (χ4n) is 2.26. The van der Waals surface area contributed by atoms with Gasteiger partial charge in [0, 0.05) is 0 Å². The van der Waals surface area contributed by atoms with Crippen LogP contribution in [0.5, 0.6) is 0 Å². The molecule has 0 aromatic rings. The average molecular weight is 276 g/mol. The molecule has 1 heterocycles. The Hall–Kier alpha value is 0.820. The van der Waals surface area contributed by atoms with E-state index in [9.17, 15) is 0 Å². The third-order valence-electron chi connectivity index (χ3n) is 3.55. The van der Waals surface area contributed by atoms with Gasteiger partial charge in [-0.05, 0) is 35.0 Å². The quantitative estimate of drug-likeness (QED) is 0.589. The van der Waals surface area contributed by atoms with Gasteiger partial charge in [-0.25, -0.2) is 0 Å². The molecule has 1 fully saturated rings. The zero-order chi connectivity index (χ0) is 13.1. The largest absolute Gasteiger partial charge is 0.381 e. The van der Waals surface area contributed by atoms with Gasteiger partial charge in [0.1, 0.15) is 0 Å². The van der Waals surface area contributed by atoms with E-state index >= 15 is 0 Å². The lowest BCUT2D eigenvalue weighted by Crippen LogP contribution is -2.20. The first-order valence-electron chi connectivity index (χ1n) is 6.79. The van der Waals surface area contributed by atoms with Crippen LogP contribution >= 0.6 is 15.8 Å². The van der Waals surface area contributed by atoms with Gasteiger partial charge in [0.05, 0.1) is 13.2 Å². The summed E-state index contributed by atoms with van der Waals surface area (Å²) in [6, 6.07) is 0. The lowest BCUT2D eigenvalue weighted by atomic mass is 10.3. The lowest BCUT2D eigenvalue weighted by Gasteiger charge is -2.35. The van der Waals surface area contributed by atoms with Crippen molar-refractivity contribution >= 4 is 15.8 Å². The molecule has 0 saturated carbocycles. The third-order valence-corrected chi connectivity index (χ3v) is 10.7. The van der Waals surface area contributed by atoms with E-state index in [-0.39, 0.29) is 15.8 Å². The van der Waals surface area contributed by atoms with Crippen LogP contribution in [-0.2, 0) is 4.74 Å². The van der Waals surface area contributed by atoms with Gasteiger partial charge >= 0.3 is 0 Å². The van der Waals surface area contributed by atoms with E-state index in [0.29, 0.717) is 10.3 Å². The van der Waals surface area contributed by atoms with E-state index in [1.165, 1.54) is 24.6 Å². The molecule has 3 heteroatoms. The van der Waals surface area contributed by atoms with Crippen molar-refractivity contribution in [1.82, 2.24) is 0 Å². The van der Waals surface area contributed by atoms with E-state index in [4.69, 9.17) is 4.74 Å². The smallest absolute Gasteiger partial charge is 0.0505 e. The fourth-order valence-corrected chi connectivity index (χ4v) is 8.02. The Kier molecular flexibility index (Phi) is 5.90. The van der Waals surface area contributed by atoms with Crippen molar-refractivity contribution in [2.45, 2.75) is 51.9 Å². The molecule has 0 amide bonds. The van der Waals surface area contributed by atoms with Crippen molar-refractivity contribution in [3.63, 3.8) is 0 Å². The van der Waals surface area contributed by atoms with Crippen LogP contribution in [0.2, 0.25) is 0 Å². The molecule has 2 unspecified atom stereocenters. The number of hydrogen-bond acceptors (Lipinski definition) is 1. The van der Waals surface area contributed by atoms with Crippen molar-refractivity contribution < 1.29 is 4.74 Å². The summed E-state index contributed by atoms with van der Waals surface area (Å²) >= 11 is 0. The molecule has 0 spiro atoms. The highest BCUT2D eigenvalue weighted by Gasteiger charge is 2.29. The Bertz CT molecular complexity index is 203. The van der Waals surface area contributed by atoms with Gasteiger partial charge in [0.15, 0.2) is 0 Å². The second-order valence-corrected chi connectivity index (χ2v) is 13.6. The second kappa shape index (κ2) is 6.31. The minimum Gasteiger partial charge on any atom is -0.381 e. The molecular formula is C14H30OP2. The number of ether oxygens (including phenoxy) is 1. The summed E-state index contributed by atoms with van der Waals surface area (Å²) in [5.41, 5.74) is 0. The van der Waals surface area contributed by atoms with E-state index in [1.54, 1.807) is 0 Å². The van der Waals surface area contributed by atoms with Crippen LogP contribution in [0.1, 0.15) is 41.5 Å². The SMILES string of the molecule is CC(C)(C)P1CCOCCP(C(C)(C)C)CC1. The molecule has 0 N–H and O–H groups in total. The molecule has 0 radical (unpaired) electrons. The van der Waals surface area contributed by atoms with Gasteiger partial charge in [-0.2, -0.15) is 0 Å². The number of rotatable bonds is 0.